The zero-order chi connectivity index (χ0) is 20.6. The molecule has 1 atom stereocenters. The highest BCUT2D eigenvalue weighted by molar-refractivity contribution is 7.92. The maximum atomic E-state index is 12.7. The minimum Gasteiger partial charge on any atom is -0.340 e. The molecule has 2 aromatic rings. The van der Waals surface area contributed by atoms with E-state index in [1.165, 1.54) is 6.20 Å². The molecule has 28 heavy (non-hydrogen) atoms. The minimum atomic E-state index is -3.49. The van der Waals surface area contributed by atoms with Crippen molar-refractivity contribution in [1.82, 2.24) is 15.0 Å². The van der Waals surface area contributed by atoms with Crippen LogP contribution in [-0.2, 0) is 14.8 Å². The summed E-state index contributed by atoms with van der Waals surface area (Å²) in [5, 5.41) is 0. The predicted octanol–water partition coefficient (Wildman–Crippen LogP) is 1.88. The molecule has 1 N–H and O–H groups in total. The molecular weight excluding hydrogens is 380 g/mol. The predicted molar refractivity (Wildman–Crippen MR) is 109 cm³/mol. The number of hydrogen-bond donors (Lipinski definition) is 1. The summed E-state index contributed by atoms with van der Waals surface area (Å²) in [6.07, 6.45) is 6.29. The molecule has 9 nitrogen and oxygen atoms in total. The molecule has 0 bridgehead atoms. The maximum Gasteiger partial charge on any atom is 0.249 e. The standard InChI is InChI=1S/C18H24N6O3S/c1-6-14-18(25)23(4)15-10-20-16(21-17(15)24(14)11(2)3)12-7-8-19-9-13(12)22-28(5,26)27/h7-11,14,22H,6H2,1-5H3/t14-/m1/s1. The van der Waals surface area contributed by atoms with Crippen LogP contribution in [0.15, 0.2) is 24.7 Å². The fourth-order valence-electron chi connectivity index (χ4n) is 3.38. The van der Waals surface area contributed by atoms with Gasteiger partial charge in [-0.1, -0.05) is 6.92 Å². The van der Waals surface area contributed by atoms with Crippen molar-refractivity contribution in [2.24, 2.45) is 0 Å². The van der Waals surface area contributed by atoms with E-state index >= 15 is 0 Å². The van der Waals surface area contributed by atoms with Crippen molar-refractivity contribution in [2.75, 3.05) is 27.8 Å². The Hall–Kier alpha value is -2.75. The molecule has 0 aromatic carbocycles. The normalized spacial score (nSPS) is 17.1. The SMILES string of the molecule is CC[C@@H]1C(=O)N(C)c2cnc(-c3ccncc3NS(C)(=O)=O)nc2N1C(C)C. The van der Waals surface area contributed by atoms with Crippen LogP contribution in [0, 0.1) is 0 Å². The lowest BCUT2D eigenvalue weighted by Crippen LogP contribution is -2.54. The number of pyridine rings is 1. The highest BCUT2D eigenvalue weighted by Gasteiger charge is 2.38. The summed E-state index contributed by atoms with van der Waals surface area (Å²) in [6, 6.07) is 1.39. The van der Waals surface area contributed by atoms with Crippen molar-refractivity contribution in [1.29, 1.82) is 0 Å². The van der Waals surface area contributed by atoms with Gasteiger partial charge in [-0.15, -0.1) is 0 Å². The summed E-state index contributed by atoms with van der Waals surface area (Å²) in [6.45, 7) is 5.99. The van der Waals surface area contributed by atoms with Crippen LogP contribution in [0.2, 0.25) is 0 Å². The lowest BCUT2D eigenvalue weighted by atomic mass is 10.1. The highest BCUT2D eigenvalue weighted by atomic mass is 32.2. The Morgan fingerprint density at radius 1 is 1.29 bits per heavy atom. The largest absolute Gasteiger partial charge is 0.340 e. The van der Waals surface area contributed by atoms with Gasteiger partial charge in [0.15, 0.2) is 11.6 Å². The molecule has 3 rings (SSSR count). The van der Waals surface area contributed by atoms with E-state index in [4.69, 9.17) is 4.98 Å². The number of anilines is 3. The average Bonchev–Trinajstić information content (AvgIpc) is 2.62. The zero-order valence-electron chi connectivity index (χ0n) is 16.5. The van der Waals surface area contributed by atoms with Crippen molar-refractivity contribution < 1.29 is 13.2 Å². The van der Waals surface area contributed by atoms with Crippen LogP contribution < -0.4 is 14.5 Å². The molecule has 0 saturated carbocycles. The maximum absolute atomic E-state index is 12.7. The molecule has 0 saturated heterocycles. The van der Waals surface area contributed by atoms with E-state index in [-0.39, 0.29) is 18.0 Å². The lowest BCUT2D eigenvalue weighted by Gasteiger charge is -2.42. The molecule has 0 spiro atoms. The van der Waals surface area contributed by atoms with E-state index < -0.39 is 10.0 Å². The van der Waals surface area contributed by atoms with Gasteiger partial charge in [-0.25, -0.2) is 18.4 Å². The zero-order valence-corrected chi connectivity index (χ0v) is 17.4. The molecule has 10 heteroatoms. The summed E-state index contributed by atoms with van der Waals surface area (Å²) in [5.41, 5.74) is 1.44. The molecule has 1 aliphatic rings. The topological polar surface area (TPSA) is 108 Å². The van der Waals surface area contributed by atoms with Crippen LogP contribution in [0.1, 0.15) is 27.2 Å². The third-order valence-electron chi connectivity index (χ3n) is 4.61. The molecule has 0 radical (unpaired) electrons. The lowest BCUT2D eigenvalue weighted by molar-refractivity contribution is -0.120. The Labute approximate surface area is 164 Å². The number of rotatable bonds is 5. The quantitative estimate of drug-likeness (QED) is 0.810. The number of amides is 1. The van der Waals surface area contributed by atoms with Gasteiger partial charge in [-0.2, -0.15) is 0 Å². The Morgan fingerprint density at radius 3 is 2.61 bits per heavy atom. The van der Waals surface area contributed by atoms with Crippen LogP contribution >= 0.6 is 0 Å². The summed E-state index contributed by atoms with van der Waals surface area (Å²) < 4.78 is 25.8. The number of nitrogens with one attached hydrogen (secondary N) is 1. The number of sulfonamides is 1. The van der Waals surface area contributed by atoms with Crippen LogP contribution in [0.25, 0.3) is 11.4 Å². The molecule has 3 heterocycles. The minimum absolute atomic E-state index is 0.00314. The van der Waals surface area contributed by atoms with Crippen molar-refractivity contribution in [3.05, 3.63) is 24.7 Å². The van der Waals surface area contributed by atoms with Gasteiger partial charge in [0.1, 0.15) is 11.7 Å². The second-order valence-electron chi connectivity index (χ2n) is 7.02. The van der Waals surface area contributed by atoms with Crippen molar-refractivity contribution >= 4 is 33.1 Å². The van der Waals surface area contributed by atoms with Gasteiger partial charge in [0, 0.05) is 24.8 Å². The first-order chi connectivity index (χ1) is 13.1. The number of carbonyl (C=O) groups excluding carboxylic acids is 1. The summed E-state index contributed by atoms with van der Waals surface area (Å²) >= 11 is 0. The molecule has 2 aromatic heterocycles. The first kappa shape index (κ1) is 20.0. The van der Waals surface area contributed by atoms with Gasteiger partial charge in [0.2, 0.25) is 15.9 Å². The second kappa shape index (κ2) is 7.34. The van der Waals surface area contributed by atoms with Gasteiger partial charge in [-0.05, 0) is 26.3 Å². The molecule has 1 aliphatic heterocycles. The van der Waals surface area contributed by atoms with Crippen LogP contribution in [0.4, 0.5) is 17.2 Å². The molecule has 150 valence electrons. The molecule has 0 unspecified atom stereocenters. The van der Waals surface area contributed by atoms with Gasteiger partial charge in [0.25, 0.3) is 0 Å². The van der Waals surface area contributed by atoms with E-state index in [0.717, 1.165) is 6.26 Å². The van der Waals surface area contributed by atoms with Crippen molar-refractivity contribution in [3.8, 4) is 11.4 Å². The Morgan fingerprint density at radius 2 is 2.00 bits per heavy atom. The van der Waals surface area contributed by atoms with E-state index in [0.29, 0.717) is 35.0 Å². The van der Waals surface area contributed by atoms with Crippen LogP contribution in [0.5, 0.6) is 0 Å². The fraction of sp³-hybridized carbons (Fsp3) is 0.444. The average molecular weight is 404 g/mol. The van der Waals surface area contributed by atoms with Gasteiger partial charge in [-0.3, -0.25) is 14.5 Å². The first-order valence-electron chi connectivity index (χ1n) is 8.99. The number of aromatic nitrogens is 3. The Bertz CT molecular complexity index is 1010. The smallest absolute Gasteiger partial charge is 0.249 e. The number of nitrogens with zero attached hydrogens (tertiary/aromatic N) is 5. The van der Waals surface area contributed by atoms with Gasteiger partial charge in [0.05, 0.1) is 24.3 Å². The van der Waals surface area contributed by atoms with E-state index in [9.17, 15) is 13.2 Å². The van der Waals surface area contributed by atoms with Crippen LogP contribution in [0.3, 0.4) is 0 Å². The van der Waals surface area contributed by atoms with Crippen molar-refractivity contribution in [3.63, 3.8) is 0 Å². The molecule has 0 fully saturated rings. The number of carbonyl (C=O) groups is 1. The summed E-state index contributed by atoms with van der Waals surface area (Å²) in [5.74, 6) is 1.01. The Kier molecular flexibility index (Phi) is 5.24. The van der Waals surface area contributed by atoms with E-state index in [1.54, 1.807) is 30.4 Å². The number of fused-ring (bicyclic) bond motifs is 1. The third kappa shape index (κ3) is 3.64. The van der Waals surface area contributed by atoms with E-state index in [2.05, 4.69) is 14.7 Å². The van der Waals surface area contributed by atoms with Crippen molar-refractivity contribution in [2.45, 2.75) is 39.3 Å². The van der Waals surface area contributed by atoms with Crippen LogP contribution in [-0.4, -0.2) is 54.7 Å². The van der Waals surface area contributed by atoms with Gasteiger partial charge >= 0.3 is 0 Å². The monoisotopic (exact) mass is 404 g/mol. The third-order valence-corrected chi connectivity index (χ3v) is 5.20. The fourth-order valence-corrected chi connectivity index (χ4v) is 3.94. The number of hydrogen-bond acceptors (Lipinski definition) is 7. The van der Waals surface area contributed by atoms with Gasteiger partial charge < -0.3 is 9.80 Å². The summed E-state index contributed by atoms with van der Waals surface area (Å²) in [4.78, 5) is 29.4. The summed E-state index contributed by atoms with van der Waals surface area (Å²) in [7, 11) is -1.77. The molecular formula is C18H24N6O3S. The second-order valence-corrected chi connectivity index (χ2v) is 8.77. The Balaban J connectivity index is 2.17. The first-order valence-corrected chi connectivity index (χ1v) is 10.9. The molecule has 1 amide bonds. The highest BCUT2D eigenvalue weighted by Crippen LogP contribution is 2.37. The number of likely N-dealkylation sites (N-methyl/N-ethyl adjacent to an activating group) is 1. The van der Waals surface area contributed by atoms with E-state index in [1.807, 2.05) is 25.7 Å². The molecule has 0 aliphatic carbocycles.